The second-order valence-electron chi connectivity index (χ2n) is 3.89. The van der Waals surface area contributed by atoms with Crippen LogP contribution in [0.4, 0.5) is 0 Å². The summed E-state index contributed by atoms with van der Waals surface area (Å²) in [6.07, 6.45) is 3.62. The van der Waals surface area contributed by atoms with E-state index in [1.807, 2.05) is 0 Å². The molecular weight excluding hydrogens is 200 g/mol. The van der Waals surface area contributed by atoms with Crippen LogP contribution in [0.1, 0.15) is 53.4 Å². The van der Waals surface area contributed by atoms with Gasteiger partial charge in [-0.3, -0.25) is 0 Å². The molecule has 2 heteroatoms. The molecule has 0 radical (unpaired) electrons. The number of hydrogen-bond donors (Lipinski definition) is 2. The normalized spacial score (nSPS) is 14.6. The molecule has 0 aliphatic rings. The van der Waals surface area contributed by atoms with Crippen molar-refractivity contribution in [3.05, 3.63) is 22.3 Å². The first-order chi connectivity index (χ1) is 7.69. The molecule has 0 aromatic heterocycles. The van der Waals surface area contributed by atoms with Gasteiger partial charge in [-0.25, -0.2) is 0 Å². The Kier molecular flexibility index (Phi) is 8.22. The van der Waals surface area contributed by atoms with Gasteiger partial charge >= 0.3 is 0 Å². The van der Waals surface area contributed by atoms with Crippen molar-refractivity contribution in [2.45, 2.75) is 53.4 Å². The molecule has 94 valence electrons. The van der Waals surface area contributed by atoms with Gasteiger partial charge in [0.25, 0.3) is 0 Å². The standard InChI is InChI=1S/C14H26O2/c1-5-11(9-15)13(7-3)14(8-4)12(6-2)10-16/h15-16H,5-10H2,1-4H3/b13-11-,14-12-. The van der Waals surface area contributed by atoms with Gasteiger partial charge in [-0.15, -0.1) is 0 Å². The Bertz CT molecular complexity index is 222. The second kappa shape index (κ2) is 8.54. The molecule has 0 aromatic carbocycles. The van der Waals surface area contributed by atoms with Crippen molar-refractivity contribution in [2.75, 3.05) is 13.2 Å². The lowest BCUT2D eigenvalue weighted by atomic mass is 9.90. The average molecular weight is 226 g/mol. The summed E-state index contributed by atoms with van der Waals surface area (Å²) < 4.78 is 0. The van der Waals surface area contributed by atoms with Gasteiger partial charge in [0.1, 0.15) is 0 Å². The summed E-state index contributed by atoms with van der Waals surface area (Å²) in [5.41, 5.74) is 4.72. The summed E-state index contributed by atoms with van der Waals surface area (Å²) >= 11 is 0. The van der Waals surface area contributed by atoms with Gasteiger partial charge in [0, 0.05) is 0 Å². The summed E-state index contributed by atoms with van der Waals surface area (Å²) in [5, 5.41) is 18.7. The molecular formula is C14H26O2. The van der Waals surface area contributed by atoms with Crippen molar-refractivity contribution in [1.29, 1.82) is 0 Å². The molecule has 0 bridgehead atoms. The summed E-state index contributed by atoms with van der Waals surface area (Å²) in [5.74, 6) is 0. The van der Waals surface area contributed by atoms with E-state index < -0.39 is 0 Å². The van der Waals surface area contributed by atoms with Crippen molar-refractivity contribution in [2.24, 2.45) is 0 Å². The first-order valence-electron chi connectivity index (χ1n) is 6.33. The summed E-state index contributed by atoms with van der Waals surface area (Å²) in [7, 11) is 0. The zero-order valence-electron chi connectivity index (χ0n) is 11.1. The molecule has 0 aromatic rings. The fourth-order valence-corrected chi connectivity index (χ4v) is 2.19. The van der Waals surface area contributed by atoms with Crippen LogP contribution in [0, 0.1) is 0 Å². The van der Waals surface area contributed by atoms with Crippen LogP contribution in [0.25, 0.3) is 0 Å². The molecule has 0 aliphatic heterocycles. The van der Waals surface area contributed by atoms with E-state index in [1.54, 1.807) is 0 Å². The van der Waals surface area contributed by atoms with Crippen molar-refractivity contribution in [3.8, 4) is 0 Å². The van der Waals surface area contributed by atoms with Gasteiger partial charge in [-0.2, -0.15) is 0 Å². The Morgan fingerprint density at radius 1 is 0.625 bits per heavy atom. The Morgan fingerprint density at radius 3 is 1.06 bits per heavy atom. The Morgan fingerprint density at radius 2 is 0.938 bits per heavy atom. The minimum absolute atomic E-state index is 0.131. The van der Waals surface area contributed by atoms with Crippen molar-refractivity contribution >= 4 is 0 Å². The second-order valence-corrected chi connectivity index (χ2v) is 3.89. The van der Waals surface area contributed by atoms with Crippen LogP contribution in [-0.4, -0.2) is 23.4 Å². The van der Waals surface area contributed by atoms with E-state index in [-0.39, 0.29) is 13.2 Å². The fourth-order valence-electron chi connectivity index (χ4n) is 2.19. The summed E-state index contributed by atoms with van der Waals surface area (Å²) in [4.78, 5) is 0. The third-order valence-corrected chi connectivity index (χ3v) is 3.16. The highest BCUT2D eigenvalue weighted by Crippen LogP contribution is 2.27. The predicted molar refractivity (Wildman–Crippen MR) is 69.4 cm³/mol. The van der Waals surface area contributed by atoms with E-state index in [0.29, 0.717) is 0 Å². The zero-order chi connectivity index (χ0) is 12.6. The monoisotopic (exact) mass is 226 g/mol. The lowest BCUT2D eigenvalue weighted by Gasteiger charge is -2.17. The van der Waals surface area contributed by atoms with E-state index in [4.69, 9.17) is 0 Å². The Hall–Kier alpha value is -0.600. The fraction of sp³-hybridized carbons (Fsp3) is 0.714. The van der Waals surface area contributed by atoms with Gasteiger partial charge in [0.05, 0.1) is 13.2 Å². The van der Waals surface area contributed by atoms with Gasteiger partial charge in [0.15, 0.2) is 0 Å². The highest BCUT2D eigenvalue weighted by atomic mass is 16.3. The summed E-state index contributed by atoms with van der Waals surface area (Å²) in [6.45, 7) is 8.62. The van der Waals surface area contributed by atoms with Crippen LogP contribution in [-0.2, 0) is 0 Å². The molecule has 0 saturated carbocycles. The van der Waals surface area contributed by atoms with Crippen molar-refractivity contribution < 1.29 is 10.2 Å². The predicted octanol–water partition coefficient (Wildman–Crippen LogP) is 3.20. The molecule has 0 heterocycles. The molecule has 0 aliphatic carbocycles. The van der Waals surface area contributed by atoms with Gasteiger partial charge in [0.2, 0.25) is 0 Å². The number of rotatable bonds is 7. The Labute approximate surface area is 99.7 Å². The average Bonchev–Trinajstić information content (AvgIpc) is 2.33. The van der Waals surface area contributed by atoms with Crippen LogP contribution in [0.2, 0.25) is 0 Å². The van der Waals surface area contributed by atoms with E-state index in [0.717, 1.165) is 36.8 Å². The quantitative estimate of drug-likeness (QED) is 0.654. The maximum Gasteiger partial charge on any atom is 0.0647 e. The Balaban J connectivity index is 5.49. The van der Waals surface area contributed by atoms with Crippen LogP contribution >= 0.6 is 0 Å². The topological polar surface area (TPSA) is 40.5 Å². The third-order valence-electron chi connectivity index (χ3n) is 3.16. The van der Waals surface area contributed by atoms with Gasteiger partial charge < -0.3 is 10.2 Å². The smallest absolute Gasteiger partial charge is 0.0647 e. The van der Waals surface area contributed by atoms with Crippen molar-refractivity contribution in [1.82, 2.24) is 0 Å². The molecule has 0 amide bonds. The van der Waals surface area contributed by atoms with Crippen LogP contribution in [0.5, 0.6) is 0 Å². The molecule has 0 saturated heterocycles. The lowest BCUT2D eigenvalue weighted by molar-refractivity contribution is 0.323. The van der Waals surface area contributed by atoms with Crippen molar-refractivity contribution in [3.63, 3.8) is 0 Å². The lowest BCUT2D eigenvalue weighted by Crippen LogP contribution is -2.04. The minimum atomic E-state index is 0.131. The SMILES string of the molecule is CC/C(CO)=C(CC)/C(CC)=C(/CC)CO. The van der Waals surface area contributed by atoms with Gasteiger partial charge in [-0.05, 0) is 48.0 Å². The molecule has 2 nitrogen and oxygen atoms in total. The number of hydrogen-bond acceptors (Lipinski definition) is 2. The molecule has 0 atom stereocenters. The van der Waals surface area contributed by atoms with E-state index in [1.165, 1.54) is 11.1 Å². The molecule has 0 spiro atoms. The maximum absolute atomic E-state index is 9.36. The molecule has 16 heavy (non-hydrogen) atoms. The van der Waals surface area contributed by atoms with E-state index in [2.05, 4.69) is 27.7 Å². The third kappa shape index (κ3) is 3.76. The number of allylic oxidation sites excluding steroid dienone is 2. The van der Waals surface area contributed by atoms with Crippen LogP contribution in [0.15, 0.2) is 22.3 Å². The van der Waals surface area contributed by atoms with Crippen LogP contribution in [0.3, 0.4) is 0 Å². The van der Waals surface area contributed by atoms with Gasteiger partial charge in [-0.1, -0.05) is 27.7 Å². The molecule has 0 rings (SSSR count). The van der Waals surface area contributed by atoms with E-state index in [9.17, 15) is 10.2 Å². The zero-order valence-corrected chi connectivity index (χ0v) is 11.1. The highest BCUT2D eigenvalue weighted by Gasteiger charge is 2.11. The highest BCUT2D eigenvalue weighted by molar-refractivity contribution is 5.39. The minimum Gasteiger partial charge on any atom is -0.392 e. The van der Waals surface area contributed by atoms with Crippen LogP contribution < -0.4 is 0 Å². The summed E-state index contributed by atoms with van der Waals surface area (Å²) in [6, 6.07) is 0. The van der Waals surface area contributed by atoms with E-state index >= 15 is 0 Å². The number of aliphatic hydroxyl groups excluding tert-OH is 2. The molecule has 0 unspecified atom stereocenters. The first-order valence-corrected chi connectivity index (χ1v) is 6.33. The number of aliphatic hydroxyl groups is 2. The largest absolute Gasteiger partial charge is 0.392 e. The first kappa shape index (κ1) is 15.4. The maximum atomic E-state index is 9.36. The molecule has 2 N–H and O–H groups in total. The molecule has 0 fully saturated rings.